The highest BCUT2D eigenvalue weighted by molar-refractivity contribution is 5.11. The van der Waals surface area contributed by atoms with E-state index in [4.69, 9.17) is 19.6 Å². The number of nitrogens with zero attached hydrogens (tertiary/aromatic N) is 2. The van der Waals surface area contributed by atoms with Crippen molar-refractivity contribution < 1.29 is 19.3 Å². The molecular weight excluding hydrogens is 320 g/mol. The van der Waals surface area contributed by atoms with Crippen molar-refractivity contribution in [1.29, 1.82) is 5.39 Å². The molecule has 142 valence electrons. The van der Waals surface area contributed by atoms with Gasteiger partial charge in [0.25, 0.3) is 0 Å². The number of hydrogen-bond donors (Lipinski definition) is 1. The second-order valence-electron chi connectivity index (χ2n) is 7.05. The van der Waals surface area contributed by atoms with E-state index in [1.165, 1.54) is 51.4 Å². The Morgan fingerprint density at radius 1 is 1.08 bits per heavy atom. The number of ether oxygens (including phenoxy) is 3. The lowest BCUT2D eigenvalue weighted by atomic mass is 10.1. The van der Waals surface area contributed by atoms with Crippen molar-refractivity contribution >= 4 is 0 Å². The van der Waals surface area contributed by atoms with E-state index in [1.54, 1.807) is 0 Å². The summed E-state index contributed by atoms with van der Waals surface area (Å²) in [6.07, 6.45) is 15.2. The lowest BCUT2D eigenvalue weighted by molar-refractivity contribution is -0.162. The van der Waals surface area contributed by atoms with E-state index in [9.17, 15) is 5.11 Å². The van der Waals surface area contributed by atoms with Gasteiger partial charge in [0, 0.05) is 13.2 Å². The van der Waals surface area contributed by atoms with Crippen LogP contribution in [-0.2, 0) is 14.2 Å². The van der Waals surface area contributed by atoms with Crippen molar-refractivity contribution in [3.63, 3.8) is 0 Å². The van der Waals surface area contributed by atoms with Crippen molar-refractivity contribution in [2.45, 2.75) is 95.5 Å². The molecule has 0 saturated carbocycles. The van der Waals surface area contributed by atoms with Gasteiger partial charge in [-0.3, -0.25) is 0 Å². The number of aliphatic hydroxyl groups is 1. The normalized spacial score (nSPS) is 26.4. The third-order valence-electron chi connectivity index (χ3n) is 4.89. The molecule has 0 bridgehead atoms. The van der Waals surface area contributed by atoms with Gasteiger partial charge < -0.3 is 19.3 Å². The Bertz CT molecular complexity index is 430. The van der Waals surface area contributed by atoms with E-state index in [1.807, 2.05) is 0 Å². The predicted octanol–water partition coefficient (Wildman–Crippen LogP) is 5.06. The standard InChI is InChI=1S/C19H32N2O4/c20-21-15-16(22)19-17(25-19)11-7-5-3-1-2-4-6-9-13-23-18-12-8-10-14-24-18/h15,17-19H,1-14H2/p+1/b16-15-/t17-,18?,19-/m1/s1. The molecule has 1 unspecified atom stereocenters. The van der Waals surface area contributed by atoms with Crippen LogP contribution in [0.3, 0.4) is 0 Å². The van der Waals surface area contributed by atoms with Gasteiger partial charge in [-0.1, -0.05) is 44.9 Å². The Kier molecular flexibility index (Phi) is 9.86. The van der Waals surface area contributed by atoms with Crippen LogP contribution in [0.1, 0.15) is 77.0 Å². The van der Waals surface area contributed by atoms with Crippen LogP contribution >= 0.6 is 0 Å². The Morgan fingerprint density at radius 2 is 1.80 bits per heavy atom. The molecule has 6 heteroatoms. The molecule has 2 aliphatic rings. The molecule has 0 aromatic rings. The molecule has 0 aliphatic carbocycles. The number of epoxide rings is 1. The molecule has 2 fully saturated rings. The third-order valence-corrected chi connectivity index (χ3v) is 4.89. The van der Waals surface area contributed by atoms with Crippen LogP contribution in [0.25, 0.3) is 4.98 Å². The average Bonchev–Trinajstić information content (AvgIpc) is 3.40. The molecule has 2 heterocycles. The van der Waals surface area contributed by atoms with E-state index >= 15 is 0 Å². The Labute approximate surface area is 151 Å². The van der Waals surface area contributed by atoms with Crippen molar-refractivity contribution in [2.75, 3.05) is 13.2 Å². The minimum atomic E-state index is -0.253. The fraction of sp³-hybridized carbons (Fsp3) is 0.895. The third kappa shape index (κ3) is 8.66. The fourth-order valence-corrected chi connectivity index (χ4v) is 3.32. The van der Waals surface area contributed by atoms with Crippen LogP contribution in [0.15, 0.2) is 12.0 Å². The first-order chi connectivity index (χ1) is 12.3. The molecule has 6 nitrogen and oxygen atoms in total. The first-order valence-corrected chi connectivity index (χ1v) is 9.93. The molecule has 2 saturated heterocycles. The second-order valence-corrected chi connectivity index (χ2v) is 7.05. The molecule has 0 spiro atoms. The SMILES string of the molecule is N#[N+]/C=C(\O)[C@H]1O[C@@H]1CCCCCCCCCCOC1CCCCO1. The first-order valence-electron chi connectivity index (χ1n) is 9.93. The van der Waals surface area contributed by atoms with Gasteiger partial charge in [-0.05, 0) is 32.1 Å². The number of aliphatic hydroxyl groups excluding tert-OH is 1. The number of hydrogen-bond acceptors (Lipinski definition) is 5. The summed E-state index contributed by atoms with van der Waals surface area (Å²) in [6, 6.07) is 0. The number of unbranched alkanes of at least 4 members (excludes halogenated alkanes) is 7. The summed E-state index contributed by atoms with van der Waals surface area (Å²) in [6.45, 7) is 1.69. The highest BCUT2D eigenvalue weighted by Gasteiger charge is 2.43. The molecule has 0 amide bonds. The monoisotopic (exact) mass is 353 g/mol. The quantitative estimate of drug-likeness (QED) is 0.217. The second kappa shape index (κ2) is 12.2. The molecule has 3 atom stereocenters. The van der Waals surface area contributed by atoms with Crippen LogP contribution in [0, 0.1) is 5.39 Å². The van der Waals surface area contributed by atoms with E-state index in [0.717, 1.165) is 45.1 Å². The summed E-state index contributed by atoms with van der Waals surface area (Å²) in [5, 5.41) is 17.8. The van der Waals surface area contributed by atoms with Gasteiger partial charge in [-0.15, -0.1) is 0 Å². The van der Waals surface area contributed by atoms with Gasteiger partial charge in [-0.2, -0.15) is 0 Å². The lowest BCUT2D eigenvalue weighted by Crippen LogP contribution is -2.22. The zero-order valence-electron chi connectivity index (χ0n) is 15.3. The smallest absolute Gasteiger partial charge is 0.390 e. The molecule has 0 aromatic heterocycles. The van der Waals surface area contributed by atoms with Crippen LogP contribution in [-0.4, -0.2) is 36.8 Å². The van der Waals surface area contributed by atoms with E-state index < -0.39 is 0 Å². The molecule has 2 aliphatic heterocycles. The topological polar surface area (TPSA) is 79.4 Å². The summed E-state index contributed by atoms with van der Waals surface area (Å²) in [5.41, 5.74) is 0. The highest BCUT2D eigenvalue weighted by Crippen LogP contribution is 2.32. The summed E-state index contributed by atoms with van der Waals surface area (Å²) >= 11 is 0. The van der Waals surface area contributed by atoms with Gasteiger partial charge in [0.2, 0.25) is 11.2 Å². The Balaban J connectivity index is 1.29. The molecule has 2 rings (SSSR count). The van der Waals surface area contributed by atoms with Crippen LogP contribution < -0.4 is 0 Å². The van der Waals surface area contributed by atoms with E-state index in [2.05, 4.69) is 4.98 Å². The summed E-state index contributed by atoms with van der Waals surface area (Å²) in [7, 11) is 0. The van der Waals surface area contributed by atoms with Crippen molar-refractivity contribution in [3.8, 4) is 0 Å². The van der Waals surface area contributed by atoms with Crippen LogP contribution in [0.5, 0.6) is 0 Å². The van der Waals surface area contributed by atoms with Gasteiger partial charge in [-0.25, -0.2) is 0 Å². The van der Waals surface area contributed by atoms with Crippen molar-refractivity contribution in [3.05, 3.63) is 16.9 Å². The summed E-state index contributed by atoms with van der Waals surface area (Å²) in [5.74, 6) is 0.0199. The van der Waals surface area contributed by atoms with Crippen molar-refractivity contribution in [1.82, 2.24) is 0 Å². The predicted molar refractivity (Wildman–Crippen MR) is 95.6 cm³/mol. The van der Waals surface area contributed by atoms with Crippen LogP contribution in [0.4, 0.5) is 0 Å². The zero-order chi connectivity index (χ0) is 17.7. The number of rotatable bonds is 13. The van der Waals surface area contributed by atoms with E-state index in [0.29, 0.717) is 0 Å². The maximum Gasteiger partial charge on any atom is 0.390 e. The molecule has 25 heavy (non-hydrogen) atoms. The van der Waals surface area contributed by atoms with Gasteiger partial charge in [0.1, 0.15) is 6.10 Å². The Morgan fingerprint density at radius 3 is 2.48 bits per heavy atom. The van der Waals surface area contributed by atoms with E-state index in [-0.39, 0.29) is 24.3 Å². The van der Waals surface area contributed by atoms with Gasteiger partial charge in [0.15, 0.2) is 11.3 Å². The Hall–Kier alpha value is -1.16. The molecular formula is C19H33N2O4+. The largest absolute Gasteiger partial charge is 0.503 e. The molecule has 0 aromatic carbocycles. The molecule has 1 N–H and O–H groups in total. The molecule has 0 radical (unpaired) electrons. The van der Waals surface area contributed by atoms with Gasteiger partial charge in [0.05, 0.1) is 6.10 Å². The van der Waals surface area contributed by atoms with Crippen LogP contribution in [0.2, 0.25) is 0 Å². The summed E-state index contributed by atoms with van der Waals surface area (Å²) in [4.78, 5) is 2.81. The first kappa shape index (κ1) is 20.2. The lowest BCUT2D eigenvalue weighted by Gasteiger charge is -2.22. The summed E-state index contributed by atoms with van der Waals surface area (Å²) < 4.78 is 16.6. The minimum Gasteiger partial charge on any atom is -0.503 e. The average molecular weight is 353 g/mol. The number of diazo groups is 1. The van der Waals surface area contributed by atoms with Crippen molar-refractivity contribution in [2.24, 2.45) is 0 Å². The maximum absolute atomic E-state index is 9.46. The zero-order valence-corrected chi connectivity index (χ0v) is 15.3. The van der Waals surface area contributed by atoms with Gasteiger partial charge >= 0.3 is 6.20 Å². The minimum absolute atomic E-state index is 0.0199. The maximum atomic E-state index is 9.46. The fourth-order valence-electron chi connectivity index (χ4n) is 3.32. The highest BCUT2D eigenvalue weighted by atomic mass is 16.7.